The van der Waals surface area contributed by atoms with Crippen molar-refractivity contribution in [3.8, 4) is 0 Å². The third kappa shape index (κ3) is 3.38. The summed E-state index contributed by atoms with van der Waals surface area (Å²) in [6, 6.07) is 9.30. The molecule has 0 spiro atoms. The first kappa shape index (κ1) is 14.1. The van der Waals surface area contributed by atoms with Gasteiger partial charge in [0.25, 0.3) is 0 Å². The maximum atomic E-state index is 9.54. The van der Waals surface area contributed by atoms with Crippen molar-refractivity contribution >= 4 is 11.6 Å². The molecule has 19 heavy (non-hydrogen) atoms. The fraction of sp³-hybridized carbons (Fsp3) is 0.333. The molecule has 0 fully saturated rings. The summed E-state index contributed by atoms with van der Waals surface area (Å²) < 4.78 is 5.46. The van der Waals surface area contributed by atoms with Crippen molar-refractivity contribution in [2.45, 2.75) is 25.9 Å². The molecule has 0 bridgehead atoms. The molecule has 0 saturated heterocycles. The SMILES string of the molecule is Cc1ccoc1C(C)NC(CO)c1ccc(Cl)cc1. The minimum absolute atomic E-state index is 0.0196. The van der Waals surface area contributed by atoms with E-state index in [0.717, 1.165) is 16.9 Å². The lowest BCUT2D eigenvalue weighted by molar-refractivity contribution is 0.230. The summed E-state index contributed by atoms with van der Waals surface area (Å²) in [4.78, 5) is 0. The van der Waals surface area contributed by atoms with Gasteiger partial charge < -0.3 is 9.52 Å². The predicted octanol–water partition coefficient (Wildman–Crippen LogP) is 3.63. The number of furan rings is 1. The van der Waals surface area contributed by atoms with Crippen molar-refractivity contribution < 1.29 is 9.52 Å². The van der Waals surface area contributed by atoms with Crippen molar-refractivity contribution in [1.29, 1.82) is 0 Å². The molecule has 3 nitrogen and oxygen atoms in total. The van der Waals surface area contributed by atoms with Gasteiger partial charge in [0, 0.05) is 5.02 Å². The third-order valence-electron chi connectivity index (χ3n) is 3.20. The van der Waals surface area contributed by atoms with E-state index in [1.165, 1.54) is 0 Å². The molecule has 2 N–H and O–H groups in total. The van der Waals surface area contributed by atoms with Crippen LogP contribution in [0.5, 0.6) is 0 Å². The lowest BCUT2D eigenvalue weighted by Gasteiger charge is -2.21. The largest absolute Gasteiger partial charge is 0.467 e. The fourth-order valence-corrected chi connectivity index (χ4v) is 2.28. The van der Waals surface area contributed by atoms with Gasteiger partial charge in [-0.3, -0.25) is 5.32 Å². The first-order valence-electron chi connectivity index (χ1n) is 6.28. The van der Waals surface area contributed by atoms with Gasteiger partial charge in [-0.25, -0.2) is 0 Å². The maximum absolute atomic E-state index is 9.54. The van der Waals surface area contributed by atoms with Crippen LogP contribution in [0.15, 0.2) is 41.0 Å². The molecule has 2 unspecified atom stereocenters. The first-order chi connectivity index (χ1) is 9.11. The second kappa shape index (κ2) is 6.24. The van der Waals surface area contributed by atoms with Gasteiger partial charge in [-0.1, -0.05) is 23.7 Å². The molecule has 0 radical (unpaired) electrons. The summed E-state index contributed by atoms with van der Waals surface area (Å²) in [6.07, 6.45) is 1.68. The Kier molecular flexibility index (Phi) is 4.64. The van der Waals surface area contributed by atoms with Crippen molar-refractivity contribution in [3.05, 3.63) is 58.5 Å². The average Bonchev–Trinajstić information content (AvgIpc) is 2.83. The van der Waals surface area contributed by atoms with Crippen LogP contribution in [0.2, 0.25) is 5.02 Å². The first-order valence-corrected chi connectivity index (χ1v) is 6.66. The van der Waals surface area contributed by atoms with Crippen LogP contribution in [0.3, 0.4) is 0 Å². The summed E-state index contributed by atoms with van der Waals surface area (Å²) in [7, 11) is 0. The van der Waals surface area contributed by atoms with E-state index in [0.29, 0.717) is 5.02 Å². The van der Waals surface area contributed by atoms with Crippen LogP contribution in [0.1, 0.15) is 35.9 Å². The van der Waals surface area contributed by atoms with Crippen LogP contribution < -0.4 is 5.32 Å². The van der Waals surface area contributed by atoms with Crippen LogP contribution in [0, 0.1) is 6.92 Å². The lowest BCUT2D eigenvalue weighted by atomic mass is 10.1. The summed E-state index contributed by atoms with van der Waals surface area (Å²) in [5.41, 5.74) is 2.11. The third-order valence-corrected chi connectivity index (χ3v) is 3.45. The highest BCUT2D eigenvalue weighted by atomic mass is 35.5. The standard InChI is InChI=1S/C15H18ClNO2/c1-10-7-8-19-15(10)11(2)17-14(9-18)12-3-5-13(16)6-4-12/h3-8,11,14,17-18H,9H2,1-2H3. The van der Waals surface area contributed by atoms with Gasteiger partial charge in [0.2, 0.25) is 0 Å². The Labute approximate surface area is 118 Å². The van der Waals surface area contributed by atoms with E-state index in [1.54, 1.807) is 6.26 Å². The summed E-state index contributed by atoms with van der Waals surface area (Å²) in [5.74, 6) is 0.896. The smallest absolute Gasteiger partial charge is 0.123 e. The van der Waals surface area contributed by atoms with E-state index in [2.05, 4.69) is 5.32 Å². The molecule has 0 aliphatic carbocycles. The Morgan fingerprint density at radius 1 is 1.26 bits per heavy atom. The van der Waals surface area contributed by atoms with Gasteiger partial charge in [0.15, 0.2) is 0 Å². The number of aliphatic hydroxyl groups excluding tert-OH is 1. The number of benzene rings is 1. The number of halogens is 1. The topological polar surface area (TPSA) is 45.4 Å². The molecule has 0 aliphatic rings. The molecule has 1 heterocycles. The fourth-order valence-electron chi connectivity index (χ4n) is 2.15. The molecule has 1 aromatic carbocycles. The second-order valence-electron chi connectivity index (χ2n) is 4.64. The van der Waals surface area contributed by atoms with Crippen LogP contribution in [-0.2, 0) is 0 Å². The molecule has 4 heteroatoms. The number of aryl methyl sites for hydroxylation is 1. The van der Waals surface area contributed by atoms with Gasteiger partial charge >= 0.3 is 0 Å². The van der Waals surface area contributed by atoms with Gasteiger partial charge in [-0.05, 0) is 43.2 Å². The van der Waals surface area contributed by atoms with Crippen molar-refractivity contribution in [1.82, 2.24) is 5.32 Å². The van der Waals surface area contributed by atoms with Gasteiger partial charge in [-0.2, -0.15) is 0 Å². The zero-order valence-corrected chi connectivity index (χ0v) is 11.8. The monoisotopic (exact) mass is 279 g/mol. The Morgan fingerprint density at radius 2 is 1.95 bits per heavy atom. The molecular weight excluding hydrogens is 262 g/mol. The molecule has 0 aliphatic heterocycles. The average molecular weight is 280 g/mol. The van der Waals surface area contributed by atoms with Crippen molar-refractivity contribution in [3.63, 3.8) is 0 Å². The zero-order chi connectivity index (χ0) is 13.8. The Balaban J connectivity index is 2.11. The van der Waals surface area contributed by atoms with Crippen molar-refractivity contribution in [2.24, 2.45) is 0 Å². The van der Waals surface area contributed by atoms with Gasteiger partial charge in [0.1, 0.15) is 5.76 Å². The Hall–Kier alpha value is -1.29. The molecule has 2 atom stereocenters. The van der Waals surface area contributed by atoms with E-state index in [4.69, 9.17) is 16.0 Å². The van der Waals surface area contributed by atoms with E-state index >= 15 is 0 Å². The number of nitrogens with one attached hydrogen (secondary N) is 1. The summed E-state index contributed by atoms with van der Waals surface area (Å²) in [6.45, 7) is 4.05. The van der Waals surface area contributed by atoms with Gasteiger partial charge in [-0.15, -0.1) is 0 Å². The number of aliphatic hydroxyl groups is 1. The van der Waals surface area contributed by atoms with Crippen LogP contribution in [0.25, 0.3) is 0 Å². The number of hydrogen-bond donors (Lipinski definition) is 2. The maximum Gasteiger partial charge on any atom is 0.123 e. The van der Waals surface area contributed by atoms with Crippen LogP contribution in [-0.4, -0.2) is 11.7 Å². The zero-order valence-electron chi connectivity index (χ0n) is 11.1. The van der Waals surface area contributed by atoms with Crippen LogP contribution >= 0.6 is 11.6 Å². The second-order valence-corrected chi connectivity index (χ2v) is 5.08. The number of hydrogen-bond acceptors (Lipinski definition) is 3. The summed E-state index contributed by atoms with van der Waals surface area (Å²) >= 11 is 5.87. The molecule has 0 amide bonds. The molecular formula is C15H18ClNO2. The molecule has 2 rings (SSSR count). The van der Waals surface area contributed by atoms with Gasteiger partial charge in [0.05, 0.1) is 25.0 Å². The Morgan fingerprint density at radius 3 is 2.47 bits per heavy atom. The molecule has 2 aromatic rings. The van der Waals surface area contributed by atoms with Crippen molar-refractivity contribution in [2.75, 3.05) is 6.61 Å². The minimum atomic E-state index is -0.142. The Bertz CT molecular complexity index is 521. The minimum Gasteiger partial charge on any atom is -0.467 e. The highest BCUT2D eigenvalue weighted by Crippen LogP contribution is 2.23. The van der Waals surface area contributed by atoms with E-state index in [-0.39, 0.29) is 18.7 Å². The summed E-state index contributed by atoms with van der Waals surface area (Å²) in [5, 5.41) is 13.6. The van der Waals surface area contributed by atoms with Crippen LogP contribution in [0.4, 0.5) is 0 Å². The quantitative estimate of drug-likeness (QED) is 0.878. The highest BCUT2D eigenvalue weighted by molar-refractivity contribution is 6.30. The van der Waals surface area contributed by atoms with E-state index in [9.17, 15) is 5.11 Å². The normalized spacial score (nSPS) is 14.3. The number of rotatable bonds is 5. The predicted molar refractivity (Wildman–Crippen MR) is 76.3 cm³/mol. The molecule has 1 aromatic heterocycles. The highest BCUT2D eigenvalue weighted by Gasteiger charge is 2.17. The molecule has 0 saturated carbocycles. The lowest BCUT2D eigenvalue weighted by Crippen LogP contribution is -2.27. The van der Waals surface area contributed by atoms with E-state index in [1.807, 2.05) is 44.2 Å². The molecule has 102 valence electrons. The van der Waals surface area contributed by atoms with E-state index < -0.39 is 0 Å².